The number of ether oxygens (including phenoxy) is 1. The Labute approximate surface area is 178 Å². The highest BCUT2D eigenvalue weighted by molar-refractivity contribution is 6.35. The van der Waals surface area contributed by atoms with Gasteiger partial charge in [-0.25, -0.2) is 0 Å². The first-order chi connectivity index (χ1) is 13.7. The largest absolute Gasteiger partial charge is 0.462 e. The van der Waals surface area contributed by atoms with Crippen LogP contribution in [-0.2, 0) is 14.3 Å². The first-order valence-corrected chi connectivity index (χ1v) is 9.41. The van der Waals surface area contributed by atoms with Crippen molar-refractivity contribution in [3.8, 4) is 6.07 Å². The van der Waals surface area contributed by atoms with Crippen molar-refractivity contribution in [1.82, 2.24) is 4.90 Å². The summed E-state index contributed by atoms with van der Waals surface area (Å²) in [6.45, 7) is 2.96. The van der Waals surface area contributed by atoms with Gasteiger partial charge in [-0.15, -0.1) is 0 Å². The van der Waals surface area contributed by atoms with Gasteiger partial charge in [0.2, 0.25) is 11.7 Å². The molecular formula is C21H17Cl2N3O3. The van der Waals surface area contributed by atoms with Crippen LogP contribution in [0.2, 0.25) is 10.0 Å². The minimum atomic E-state index is -1.28. The average molecular weight is 430 g/mol. The van der Waals surface area contributed by atoms with Crippen LogP contribution in [-0.4, -0.2) is 29.0 Å². The predicted octanol–water partition coefficient (Wildman–Crippen LogP) is 4.46. The fourth-order valence-corrected chi connectivity index (χ4v) is 3.41. The van der Waals surface area contributed by atoms with E-state index in [-0.39, 0.29) is 18.1 Å². The minimum absolute atomic E-state index is 0.0738. The van der Waals surface area contributed by atoms with E-state index in [2.05, 4.69) is 5.32 Å². The van der Waals surface area contributed by atoms with Crippen molar-refractivity contribution in [2.45, 2.75) is 19.4 Å². The summed E-state index contributed by atoms with van der Waals surface area (Å²) in [4.78, 5) is 27.5. The summed E-state index contributed by atoms with van der Waals surface area (Å²) in [7, 11) is 0. The number of carbonyl (C=O) groups is 2. The van der Waals surface area contributed by atoms with Gasteiger partial charge in [-0.1, -0.05) is 53.5 Å². The number of amides is 2. The maximum Gasteiger partial charge on any atom is 0.262 e. The van der Waals surface area contributed by atoms with E-state index in [1.165, 1.54) is 4.90 Å². The van der Waals surface area contributed by atoms with Gasteiger partial charge in [-0.3, -0.25) is 14.5 Å². The lowest BCUT2D eigenvalue weighted by atomic mass is 9.96. The Bertz CT molecular complexity index is 1020. The number of allylic oxidation sites excluding steroid dienone is 1. The predicted molar refractivity (Wildman–Crippen MR) is 111 cm³/mol. The monoisotopic (exact) mass is 429 g/mol. The Morgan fingerprint density at radius 1 is 1.17 bits per heavy atom. The zero-order valence-electron chi connectivity index (χ0n) is 15.7. The molecule has 0 spiro atoms. The summed E-state index contributed by atoms with van der Waals surface area (Å²) >= 11 is 12.0. The molecule has 8 heteroatoms. The number of nitrogens with zero attached hydrogens (tertiary/aromatic N) is 2. The molecule has 0 saturated carbocycles. The third-order valence-electron chi connectivity index (χ3n) is 4.54. The zero-order chi connectivity index (χ0) is 21.2. The van der Waals surface area contributed by atoms with E-state index in [0.29, 0.717) is 21.3 Å². The molecule has 3 rings (SSSR count). The molecule has 1 aliphatic rings. The number of anilines is 1. The number of carbonyl (C=O) groups excluding carboxylic acids is 2. The standard InChI is InChI=1S/C21H17Cl2N3O3/c1-21(2,20(28)25-16-9-14(22)8-15(23)10-16)26-12-29-17(11-24)18(19(26)27)13-6-4-3-5-7-13/h3-10H,12H2,1-2H3,(H,25,28). The highest BCUT2D eigenvalue weighted by atomic mass is 35.5. The number of benzene rings is 2. The minimum Gasteiger partial charge on any atom is -0.462 e. The molecule has 6 nitrogen and oxygen atoms in total. The SMILES string of the molecule is CC(C)(C(=O)Nc1cc(Cl)cc(Cl)c1)N1COC(C#N)=C(c2ccccc2)C1=O. The quantitative estimate of drug-likeness (QED) is 0.777. The average Bonchev–Trinajstić information content (AvgIpc) is 2.67. The maximum atomic E-state index is 13.2. The van der Waals surface area contributed by atoms with E-state index in [4.69, 9.17) is 27.9 Å². The van der Waals surface area contributed by atoms with E-state index in [1.807, 2.05) is 6.07 Å². The van der Waals surface area contributed by atoms with Gasteiger partial charge in [-0.05, 0) is 37.6 Å². The first-order valence-electron chi connectivity index (χ1n) is 8.66. The first kappa shape index (κ1) is 20.7. The highest BCUT2D eigenvalue weighted by Crippen LogP contribution is 2.31. The Kier molecular flexibility index (Phi) is 5.83. The van der Waals surface area contributed by atoms with Crippen molar-refractivity contribution in [1.29, 1.82) is 5.26 Å². The molecular weight excluding hydrogens is 413 g/mol. The summed E-state index contributed by atoms with van der Waals surface area (Å²) in [6.07, 6.45) is 0. The number of hydrogen-bond donors (Lipinski definition) is 1. The Morgan fingerprint density at radius 3 is 2.38 bits per heavy atom. The van der Waals surface area contributed by atoms with Crippen molar-refractivity contribution in [3.63, 3.8) is 0 Å². The van der Waals surface area contributed by atoms with E-state index in [1.54, 1.807) is 62.4 Å². The van der Waals surface area contributed by atoms with Crippen LogP contribution in [0, 0.1) is 11.3 Å². The van der Waals surface area contributed by atoms with Crippen LogP contribution in [0.3, 0.4) is 0 Å². The number of hydrogen-bond acceptors (Lipinski definition) is 4. The van der Waals surface area contributed by atoms with Crippen molar-refractivity contribution in [2.75, 3.05) is 12.0 Å². The molecule has 1 aliphatic heterocycles. The van der Waals surface area contributed by atoms with E-state index in [0.717, 1.165) is 0 Å². The summed E-state index contributed by atoms with van der Waals surface area (Å²) in [5.41, 5.74) is -0.225. The highest BCUT2D eigenvalue weighted by Gasteiger charge is 2.43. The van der Waals surface area contributed by atoms with Crippen LogP contribution in [0.25, 0.3) is 5.57 Å². The Hall–Kier alpha value is -3.01. The summed E-state index contributed by atoms with van der Waals surface area (Å²) < 4.78 is 5.50. The van der Waals surface area contributed by atoms with E-state index in [9.17, 15) is 14.9 Å². The maximum absolute atomic E-state index is 13.2. The molecule has 2 amide bonds. The lowest BCUT2D eigenvalue weighted by Gasteiger charge is -2.39. The van der Waals surface area contributed by atoms with Crippen LogP contribution in [0.15, 0.2) is 54.3 Å². The summed E-state index contributed by atoms with van der Waals surface area (Å²) in [5, 5.41) is 12.8. The molecule has 1 heterocycles. The molecule has 0 saturated heterocycles. The smallest absolute Gasteiger partial charge is 0.262 e. The zero-order valence-corrected chi connectivity index (χ0v) is 17.2. The van der Waals surface area contributed by atoms with Crippen LogP contribution in [0.5, 0.6) is 0 Å². The molecule has 0 aliphatic carbocycles. The van der Waals surface area contributed by atoms with Crippen molar-refractivity contribution in [2.24, 2.45) is 0 Å². The van der Waals surface area contributed by atoms with Gasteiger partial charge < -0.3 is 10.1 Å². The molecule has 0 unspecified atom stereocenters. The molecule has 148 valence electrons. The lowest BCUT2D eigenvalue weighted by Crippen LogP contribution is -2.57. The van der Waals surface area contributed by atoms with Crippen molar-refractivity contribution >= 4 is 46.3 Å². The summed E-state index contributed by atoms with van der Waals surface area (Å²) in [5.74, 6) is -1.00. The number of nitriles is 1. The lowest BCUT2D eigenvalue weighted by molar-refractivity contribution is -0.146. The second-order valence-electron chi connectivity index (χ2n) is 6.86. The molecule has 1 N–H and O–H groups in total. The van der Waals surface area contributed by atoms with E-state index < -0.39 is 17.4 Å². The number of nitrogens with one attached hydrogen (secondary N) is 1. The Balaban J connectivity index is 1.91. The fourth-order valence-electron chi connectivity index (χ4n) is 2.89. The molecule has 2 aromatic carbocycles. The van der Waals surface area contributed by atoms with Gasteiger partial charge in [-0.2, -0.15) is 5.26 Å². The van der Waals surface area contributed by atoms with Gasteiger partial charge >= 0.3 is 0 Å². The van der Waals surface area contributed by atoms with Crippen molar-refractivity contribution in [3.05, 3.63) is 69.9 Å². The van der Waals surface area contributed by atoms with Crippen molar-refractivity contribution < 1.29 is 14.3 Å². The van der Waals surface area contributed by atoms with Gasteiger partial charge in [0.25, 0.3) is 5.91 Å². The molecule has 0 radical (unpaired) electrons. The number of halogens is 2. The molecule has 0 fully saturated rings. The van der Waals surface area contributed by atoms with E-state index >= 15 is 0 Å². The second-order valence-corrected chi connectivity index (χ2v) is 7.73. The third kappa shape index (κ3) is 4.21. The van der Waals surface area contributed by atoms with Gasteiger partial charge in [0, 0.05) is 15.7 Å². The van der Waals surface area contributed by atoms with Gasteiger partial charge in [0.15, 0.2) is 6.73 Å². The summed E-state index contributed by atoms with van der Waals surface area (Å²) in [6, 6.07) is 15.3. The molecule has 29 heavy (non-hydrogen) atoms. The van der Waals surface area contributed by atoms with Crippen LogP contribution in [0.1, 0.15) is 19.4 Å². The van der Waals surface area contributed by atoms with Crippen LogP contribution < -0.4 is 5.32 Å². The topological polar surface area (TPSA) is 82.4 Å². The molecule has 2 aromatic rings. The molecule has 0 aromatic heterocycles. The third-order valence-corrected chi connectivity index (χ3v) is 4.98. The Morgan fingerprint density at radius 2 is 1.79 bits per heavy atom. The second kappa shape index (κ2) is 8.16. The van der Waals surface area contributed by atoms with Crippen LogP contribution in [0.4, 0.5) is 5.69 Å². The normalized spacial score (nSPS) is 14.3. The molecule has 0 bridgehead atoms. The number of rotatable bonds is 4. The molecule has 0 atom stereocenters. The van der Waals surface area contributed by atoms with Gasteiger partial charge in [0.1, 0.15) is 17.2 Å². The van der Waals surface area contributed by atoms with Gasteiger partial charge in [0.05, 0.1) is 0 Å². The van der Waals surface area contributed by atoms with Crippen LogP contribution >= 0.6 is 23.2 Å². The fraction of sp³-hybridized carbons (Fsp3) is 0.190.